The minimum Gasteiger partial charge on any atom is -0.345 e. The second-order valence-corrected chi connectivity index (χ2v) is 10.3. The third-order valence-corrected chi connectivity index (χ3v) is 7.62. The quantitative estimate of drug-likeness (QED) is 0.507. The SMILES string of the molecule is CN(C)C(=O)c1ccccc1[S+](c1ccccc1C(=O)N(C)C)c1ccccc1C(=O)N(C)C. The molecule has 0 N–H and O–H groups in total. The Morgan fingerprint density at radius 2 is 0.706 bits per heavy atom. The van der Waals surface area contributed by atoms with E-state index in [9.17, 15) is 14.4 Å². The van der Waals surface area contributed by atoms with Crippen molar-refractivity contribution < 1.29 is 14.4 Å². The molecular formula is C27H30N3O3S+. The van der Waals surface area contributed by atoms with Crippen molar-refractivity contribution in [1.82, 2.24) is 14.7 Å². The summed E-state index contributed by atoms with van der Waals surface area (Å²) in [5.74, 6) is -0.414. The van der Waals surface area contributed by atoms with Crippen LogP contribution in [0.3, 0.4) is 0 Å². The van der Waals surface area contributed by atoms with E-state index in [2.05, 4.69) is 0 Å². The van der Waals surface area contributed by atoms with Crippen molar-refractivity contribution in [1.29, 1.82) is 0 Å². The van der Waals surface area contributed by atoms with E-state index in [4.69, 9.17) is 0 Å². The summed E-state index contributed by atoms with van der Waals surface area (Å²) >= 11 is 0. The summed E-state index contributed by atoms with van der Waals surface area (Å²) in [7, 11) is 9.37. The summed E-state index contributed by atoms with van der Waals surface area (Å²) in [5, 5.41) is 0. The first-order valence-corrected chi connectivity index (χ1v) is 12.0. The third kappa shape index (κ3) is 4.99. The van der Waals surface area contributed by atoms with Crippen LogP contribution in [0.15, 0.2) is 87.5 Å². The normalized spacial score (nSPS) is 10.7. The van der Waals surface area contributed by atoms with Gasteiger partial charge in [0.1, 0.15) is 10.9 Å². The van der Waals surface area contributed by atoms with Crippen molar-refractivity contribution in [2.45, 2.75) is 14.7 Å². The van der Waals surface area contributed by atoms with Crippen LogP contribution >= 0.6 is 0 Å². The molecule has 0 saturated carbocycles. The summed E-state index contributed by atoms with van der Waals surface area (Å²) in [5.41, 5.74) is 1.61. The first-order chi connectivity index (χ1) is 16.1. The second kappa shape index (κ2) is 10.6. The lowest BCUT2D eigenvalue weighted by molar-refractivity contribution is 0.0818. The Hall–Kier alpha value is -3.58. The first kappa shape index (κ1) is 25.1. The van der Waals surface area contributed by atoms with Gasteiger partial charge in [-0.1, -0.05) is 36.4 Å². The fraction of sp³-hybridized carbons (Fsp3) is 0.222. The van der Waals surface area contributed by atoms with Gasteiger partial charge in [0.25, 0.3) is 17.7 Å². The number of rotatable bonds is 6. The highest BCUT2D eigenvalue weighted by Crippen LogP contribution is 2.37. The molecule has 3 aromatic rings. The van der Waals surface area contributed by atoms with Gasteiger partial charge in [-0.25, -0.2) is 0 Å². The van der Waals surface area contributed by atoms with Crippen LogP contribution in [0.1, 0.15) is 31.1 Å². The zero-order valence-electron chi connectivity index (χ0n) is 20.4. The van der Waals surface area contributed by atoms with Crippen LogP contribution in [0.2, 0.25) is 0 Å². The number of hydrogen-bond donors (Lipinski definition) is 0. The fourth-order valence-corrected chi connectivity index (χ4v) is 6.02. The van der Waals surface area contributed by atoms with Gasteiger partial charge in [0.2, 0.25) is 0 Å². The predicted molar refractivity (Wildman–Crippen MR) is 136 cm³/mol. The highest BCUT2D eigenvalue weighted by Gasteiger charge is 2.39. The largest absolute Gasteiger partial charge is 0.345 e. The topological polar surface area (TPSA) is 60.9 Å². The first-order valence-electron chi connectivity index (χ1n) is 10.8. The monoisotopic (exact) mass is 476 g/mol. The Balaban J connectivity index is 2.41. The Kier molecular flexibility index (Phi) is 7.79. The van der Waals surface area contributed by atoms with Gasteiger partial charge in [0.15, 0.2) is 14.7 Å². The van der Waals surface area contributed by atoms with E-state index < -0.39 is 10.9 Å². The minimum atomic E-state index is -0.903. The van der Waals surface area contributed by atoms with E-state index in [0.29, 0.717) is 16.7 Å². The molecular weight excluding hydrogens is 446 g/mol. The standard InChI is InChI=1S/C27H30N3O3S/c1-28(2)25(31)19-13-7-10-16-22(19)34(23-17-11-8-14-20(23)26(32)29(3)4)24-18-12-9-15-21(24)27(33)30(5)6/h7-18H,1-6H3/q+1. The molecule has 0 aromatic heterocycles. The zero-order valence-corrected chi connectivity index (χ0v) is 21.2. The van der Waals surface area contributed by atoms with Crippen LogP contribution in [0, 0.1) is 0 Å². The van der Waals surface area contributed by atoms with Gasteiger partial charge in [-0.15, -0.1) is 0 Å². The van der Waals surface area contributed by atoms with E-state index in [-0.39, 0.29) is 17.7 Å². The Labute approximate surface area is 204 Å². The molecule has 0 unspecified atom stereocenters. The van der Waals surface area contributed by atoms with Crippen LogP contribution < -0.4 is 0 Å². The highest BCUT2D eigenvalue weighted by atomic mass is 32.2. The minimum absolute atomic E-state index is 0.138. The molecule has 0 aliphatic carbocycles. The summed E-state index contributed by atoms with van der Waals surface area (Å²) in [4.78, 5) is 46.4. The fourth-order valence-electron chi connectivity index (χ4n) is 3.54. The molecule has 3 rings (SSSR count). The summed E-state index contributed by atoms with van der Waals surface area (Å²) in [6.07, 6.45) is 0. The predicted octanol–water partition coefficient (Wildman–Crippen LogP) is 3.89. The van der Waals surface area contributed by atoms with Crippen molar-refractivity contribution in [2.24, 2.45) is 0 Å². The van der Waals surface area contributed by atoms with Crippen molar-refractivity contribution >= 4 is 28.6 Å². The molecule has 0 saturated heterocycles. The second-order valence-electron chi connectivity index (χ2n) is 8.39. The summed E-state index contributed by atoms with van der Waals surface area (Å²) < 4.78 is 0. The van der Waals surface area contributed by atoms with Gasteiger partial charge in [0, 0.05) is 42.3 Å². The molecule has 0 spiro atoms. The number of hydrogen-bond acceptors (Lipinski definition) is 3. The van der Waals surface area contributed by atoms with Crippen molar-refractivity contribution in [2.75, 3.05) is 42.3 Å². The van der Waals surface area contributed by atoms with Gasteiger partial charge in [-0.3, -0.25) is 14.4 Å². The van der Waals surface area contributed by atoms with Gasteiger partial charge >= 0.3 is 0 Å². The molecule has 3 aromatic carbocycles. The lowest BCUT2D eigenvalue weighted by atomic mass is 10.2. The molecule has 176 valence electrons. The van der Waals surface area contributed by atoms with Gasteiger partial charge in [-0.05, 0) is 36.4 Å². The van der Waals surface area contributed by atoms with Crippen molar-refractivity contribution in [3.8, 4) is 0 Å². The average molecular weight is 477 g/mol. The number of benzene rings is 3. The molecule has 0 bridgehead atoms. The Morgan fingerprint density at radius 3 is 0.941 bits per heavy atom. The van der Waals surface area contributed by atoms with E-state index in [1.165, 1.54) is 14.7 Å². The molecule has 0 atom stereocenters. The zero-order chi connectivity index (χ0) is 25.0. The maximum atomic E-state index is 13.2. The van der Waals surface area contributed by atoms with Crippen LogP contribution in [-0.2, 0) is 10.9 Å². The smallest absolute Gasteiger partial charge is 0.258 e. The Bertz CT molecular complexity index is 1070. The Morgan fingerprint density at radius 1 is 0.471 bits per heavy atom. The molecule has 0 aliphatic heterocycles. The lowest BCUT2D eigenvalue weighted by Gasteiger charge is -2.19. The number of amides is 3. The van der Waals surface area contributed by atoms with Crippen LogP contribution in [0.4, 0.5) is 0 Å². The highest BCUT2D eigenvalue weighted by molar-refractivity contribution is 7.97. The van der Waals surface area contributed by atoms with E-state index in [1.54, 1.807) is 60.5 Å². The molecule has 7 heteroatoms. The number of carbonyl (C=O) groups excluding carboxylic acids is 3. The third-order valence-electron chi connectivity index (χ3n) is 5.23. The summed E-state index contributed by atoms with van der Waals surface area (Å²) in [6, 6.07) is 22.3. The van der Waals surface area contributed by atoms with E-state index in [0.717, 1.165) is 14.7 Å². The van der Waals surface area contributed by atoms with Gasteiger partial charge in [-0.2, -0.15) is 0 Å². The van der Waals surface area contributed by atoms with E-state index in [1.807, 2.05) is 54.6 Å². The molecule has 0 radical (unpaired) electrons. The molecule has 34 heavy (non-hydrogen) atoms. The van der Waals surface area contributed by atoms with Gasteiger partial charge < -0.3 is 14.7 Å². The maximum absolute atomic E-state index is 13.2. The van der Waals surface area contributed by atoms with Gasteiger partial charge in [0.05, 0.1) is 16.7 Å². The average Bonchev–Trinajstić information content (AvgIpc) is 2.83. The van der Waals surface area contributed by atoms with Crippen molar-refractivity contribution in [3.05, 3.63) is 89.5 Å². The molecule has 3 amide bonds. The molecule has 0 aliphatic rings. The van der Waals surface area contributed by atoms with Crippen LogP contribution in [0.5, 0.6) is 0 Å². The lowest BCUT2D eigenvalue weighted by Crippen LogP contribution is -2.28. The van der Waals surface area contributed by atoms with Crippen LogP contribution in [0.25, 0.3) is 0 Å². The molecule has 0 heterocycles. The molecule has 0 fully saturated rings. The maximum Gasteiger partial charge on any atom is 0.258 e. The molecule has 6 nitrogen and oxygen atoms in total. The van der Waals surface area contributed by atoms with Crippen molar-refractivity contribution in [3.63, 3.8) is 0 Å². The number of carbonyl (C=O) groups is 3. The number of nitrogens with zero attached hydrogens (tertiary/aromatic N) is 3. The van der Waals surface area contributed by atoms with E-state index >= 15 is 0 Å². The summed E-state index contributed by atoms with van der Waals surface area (Å²) in [6.45, 7) is 0. The van der Waals surface area contributed by atoms with Crippen LogP contribution in [-0.4, -0.2) is 74.7 Å².